The first kappa shape index (κ1) is 23.1. The number of hydrogen-bond donors (Lipinski definition) is 2. The Morgan fingerprint density at radius 2 is 2.08 bits per heavy atom. The van der Waals surface area contributed by atoms with Gasteiger partial charge in [0.05, 0.1) is 12.3 Å². The molecular weight excluding hydrogens is 372 g/mol. The molecule has 1 amide bonds. The van der Waals surface area contributed by atoms with Gasteiger partial charge in [0.2, 0.25) is 5.91 Å². The molecule has 0 saturated carbocycles. The Labute approximate surface area is 157 Å². The maximum atomic E-state index is 14.0. The van der Waals surface area contributed by atoms with Crippen molar-refractivity contribution in [1.82, 2.24) is 4.98 Å². The number of rotatable bonds is 7. The number of hydrogen-bond acceptors (Lipinski definition) is 5. The van der Waals surface area contributed by atoms with Gasteiger partial charge < -0.3 is 20.5 Å². The molecule has 3 N–H and O–H groups in total. The highest BCUT2D eigenvalue weighted by Crippen LogP contribution is 2.22. The van der Waals surface area contributed by atoms with Crippen LogP contribution in [0.25, 0.3) is 0 Å². The zero-order chi connectivity index (χ0) is 16.7. The first-order valence-electron chi connectivity index (χ1n) is 6.98. The number of nitrogens with zero attached hydrogens (tertiary/aromatic N) is 1. The van der Waals surface area contributed by atoms with Gasteiger partial charge in [-0.15, -0.1) is 24.8 Å². The highest BCUT2D eigenvalue weighted by atomic mass is 35.5. The summed E-state index contributed by atoms with van der Waals surface area (Å²) in [6.07, 6.45) is 1.64. The highest BCUT2D eigenvalue weighted by Gasteiger charge is 2.14. The van der Waals surface area contributed by atoms with Gasteiger partial charge in [-0.25, -0.2) is 4.39 Å². The Kier molecular flexibility index (Phi) is 10.7. The molecule has 2 rings (SSSR count). The Balaban J connectivity index is 0.00000288. The number of methoxy groups -OCH3 is 1. The Morgan fingerprint density at radius 1 is 1.32 bits per heavy atom. The molecule has 1 aromatic heterocycles. The second kappa shape index (κ2) is 11.6. The van der Waals surface area contributed by atoms with Crippen molar-refractivity contribution in [3.05, 3.63) is 54.1 Å². The van der Waals surface area contributed by atoms with E-state index in [2.05, 4.69) is 10.3 Å². The monoisotopic (exact) mass is 391 g/mol. The van der Waals surface area contributed by atoms with Crippen LogP contribution in [0, 0.1) is 5.82 Å². The first-order chi connectivity index (χ1) is 11.1. The average Bonchev–Trinajstić information content (AvgIpc) is 2.55. The molecule has 1 unspecified atom stereocenters. The van der Waals surface area contributed by atoms with Crippen LogP contribution in [0.2, 0.25) is 0 Å². The van der Waals surface area contributed by atoms with Crippen LogP contribution in [0.4, 0.5) is 10.1 Å². The SMILES string of the molecule is COCC(N)C(=O)Nc1ccc(OCc2ccccn2)c(F)c1.Cl.Cl. The third-order valence-corrected chi connectivity index (χ3v) is 2.98. The Hall–Kier alpha value is -1.93. The van der Waals surface area contributed by atoms with E-state index in [0.717, 1.165) is 0 Å². The second-order valence-electron chi connectivity index (χ2n) is 4.81. The minimum Gasteiger partial charge on any atom is -0.484 e. The van der Waals surface area contributed by atoms with E-state index < -0.39 is 17.8 Å². The number of carbonyl (C=O) groups excluding carboxylic acids is 1. The molecule has 6 nitrogen and oxygen atoms in total. The van der Waals surface area contributed by atoms with Crippen molar-refractivity contribution < 1.29 is 18.7 Å². The van der Waals surface area contributed by atoms with E-state index in [9.17, 15) is 9.18 Å². The van der Waals surface area contributed by atoms with Crippen LogP contribution in [0.15, 0.2) is 42.6 Å². The summed E-state index contributed by atoms with van der Waals surface area (Å²) < 4.78 is 24.2. The topological polar surface area (TPSA) is 86.5 Å². The van der Waals surface area contributed by atoms with Crippen LogP contribution >= 0.6 is 24.8 Å². The minimum absolute atomic E-state index is 0. The van der Waals surface area contributed by atoms with Crippen molar-refractivity contribution in [2.45, 2.75) is 12.6 Å². The van der Waals surface area contributed by atoms with Crippen LogP contribution in [-0.4, -0.2) is 30.6 Å². The standard InChI is InChI=1S/C16H18FN3O3.2ClH/c1-22-10-14(18)16(21)20-11-5-6-15(13(17)8-11)23-9-12-4-2-3-7-19-12;;/h2-8,14H,9-10,18H2,1H3,(H,20,21);2*1H. The van der Waals surface area contributed by atoms with E-state index >= 15 is 0 Å². The third-order valence-electron chi connectivity index (χ3n) is 2.98. The number of aromatic nitrogens is 1. The van der Waals surface area contributed by atoms with E-state index in [0.29, 0.717) is 11.4 Å². The largest absolute Gasteiger partial charge is 0.484 e. The van der Waals surface area contributed by atoms with Gasteiger partial charge in [-0.1, -0.05) is 6.07 Å². The lowest BCUT2D eigenvalue weighted by Crippen LogP contribution is -2.39. The van der Waals surface area contributed by atoms with Crippen LogP contribution in [0.5, 0.6) is 5.75 Å². The molecule has 2 aromatic rings. The summed E-state index contributed by atoms with van der Waals surface area (Å²) in [6, 6.07) is 8.72. The molecule has 0 saturated heterocycles. The smallest absolute Gasteiger partial charge is 0.243 e. The average molecular weight is 392 g/mol. The molecule has 9 heteroatoms. The number of nitrogens with one attached hydrogen (secondary N) is 1. The molecule has 1 aromatic carbocycles. The molecule has 0 radical (unpaired) electrons. The van der Waals surface area contributed by atoms with Crippen LogP contribution in [0.1, 0.15) is 5.69 Å². The zero-order valence-electron chi connectivity index (χ0n) is 13.5. The first-order valence-corrected chi connectivity index (χ1v) is 6.98. The summed E-state index contributed by atoms with van der Waals surface area (Å²) in [6.45, 7) is 0.238. The van der Waals surface area contributed by atoms with E-state index in [-0.39, 0.29) is 43.8 Å². The number of pyridine rings is 1. The van der Waals surface area contributed by atoms with Gasteiger partial charge in [-0.2, -0.15) is 0 Å². The van der Waals surface area contributed by atoms with Gasteiger partial charge in [0.25, 0.3) is 0 Å². The zero-order valence-corrected chi connectivity index (χ0v) is 15.1. The fourth-order valence-electron chi connectivity index (χ4n) is 1.82. The third kappa shape index (κ3) is 7.23. The molecular formula is C16H20Cl2FN3O3. The lowest BCUT2D eigenvalue weighted by atomic mass is 10.2. The quantitative estimate of drug-likeness (QED) is 0.757. The lowest BCUT2D eigenvalue weighted by molar-refractivity contribution is -0.118. The van der Waals surface area contributed by atoms with Crippen molar-refractivity contribution in [3.63, 3.8) is 0 Å². The van der Waals surface area contributed by atoms with E-state index in [1.54, 1.807) is 18.3 Å². The predicted molar refractivity (Wildman–Crippen MR) is 97.9 cm³/mol. The summed E-state index contributed by atoms with van der Waals surface area (Å²) in [5, 5.41) is 2.52. The summed E-state index contributed by atoms with van der Waals surface area (Å²) in [5.41, 5.74) is 6.58. The molecule has 1 atom stereocenters. The maximum Gasteiger partial charge on any atom is 0.243 e. The van der Waals surface area contributed by atoms with E-state index in [1.807, 2.05) is 6.07 Å². The van der Waals surface area contributed by atoms with E-state index in [1.165, 1.54) is 25.3 Å². The molecule has 0 spiro atoms. The van der Waals surface area contributed by atoms with Gasteiger partial charge in [0, 0.05) is 25.1 Å². The van der Waals surface area contributed by atoms with E-state index in [4.69, 9.17) is 15.2 Å². The number of anilines is 1. The second-order valence-corrected chi connectivity index (χ2v) is 4.81. The molecule has 0 fully saturated rings. The van der Waals surface area contributed by atoms with Gasteiger partial charge >= 0.3 is 0 Å². The number of nitrogens with two attached hydrogens (primary N) is 1. The number of amides is 1. The highest BCUT2D eigenvalue weighted by molar-refractivity contribution is 5.94. The number of carbonyl (C=O) groups is 1. The maximum absolute atomic E-state index is 14.0. The molecule has 138 valence electrons. The van der Waals surface area contributed by atoms with Crippen LogP contribution < -0.4 is 15.8 Å². The van der Waals surface area contributed by atoms with Gasteiger partial charge in [0.15, 0.2) is 11.6 Å². The van der Waals surface area contributed by atoms with Crippen molar-refractivity contribution in [2.75, 3.05) is 19.0 Å². The fourth-order valence-corrected chi connectivity index (χ4v) is 1.82. The van der Waals surface area contributed by atoms with Crippen molar-refractivity contribution in [3.8, 4) is 5.75 Å². The minimum atomic E-state index is -0.817. The number of benzene rings is 1. The lowest BCUT2D eigenvalue weighted by Gasteiger charge is -2.12. The summed E-state index contributed by atoms with van der Waals surface area (Å²) in [4.78, 5) is 15.8. The van der Waals surface area contributed by atoms with Crippen LogP contribution in [0.3, 0.4) is 0 Å². The Morgan fingerprint density at radius 3 is 2.68 bits per heavy atom. The molecule has 0 aliphatic heterocycles. The van der Waals surface area contributed by atoms with Gasteiger partial charge in [-0.05, 0) is 24.3 Å². The molecule has 0 aliphatic rings. The predicted octanol–water partition coefficient (Wildman–Crippen LogP) is 2.56. The van der Waals surface area contributed by atoms with Crippen molar-refractivity contribution >= 4 is 36.4 Å². The molecule has 25 heavy (non-hydrogen) atoms. The molecule has 1 heterocycles. The fraction of sp³-hybridized carbons (Fsp3) is 0.250. The summed E-state index contributed by atoms with van der Waals surface area (Å²) in [5.74, 6) is -0.956. The molecule has 0 bridgehead atoms. The van der Waals surface area contributed by atoms with Crippen molar-refractivity contribution in [2.24, 2.45) is 5.73 Å². The molecule has 0 aliphatic carbocycles. The number of ether oxygens (including phenoxy) is 2. The summed E-state index contributed by atoms with van der Waals surface area (Å²) in [7, 11) is 1.44. The Bertz CT molecular complexity index is 662. The van der Waals surface area contributed by atoms with Crippen LogP contribution in [-0.2, 0) is 16.1 Å². The number of halogens is 3. The van der Waals surface area contributed by atoms with Gasteiger partial charge in [-0.3, -0.25) is 9.78 Å². The van der Waals surface area contributed by atoms with Gasteiger partial charge in [0.1, 0.15) is 12.6 Å². The summed E-state index contributed by atoms with van der Waals surface area (Å²) >= 11 is 0. The van der Waals surface area contributed by atoms with Crippen molar-refractivity contribution in [1.29, 1.82) is 0 Å². The normalized spacial score (nSPS) is 10.8.